The number of nitrogens with zero attached hydrogens (tertiary/aromatic N) is 3. The molecule has 3 fully saturated rings. The van der Waals surface area contributed by atoms with Crippen LogP contribution in [0.25, 0.3) is 0 Å². The number of aromatic nitrogens is 3. The zero-order valence-electron chi connectivity index (χ0n) is 17.4. The summed E-state index contributed by atoms with van der Waals surface area (Å²) in [5.74, 6) is 5.00. The molecule has 7 unspecified atom stereocenters. The topological polar surface area (TPSA) is 47.8 Å². The molecule has 0 amide bonds. The zero-order valence-corrected chi connectivity index (χ0v) is 17.4. The number of hydrogen-bond donors (Lipinski definition) is 0. The second-order valence-electron chi connectivity index (χ2n) is 9.83. The first-order valence-electron chi connectivity index (χ1n) is 11.4. The molecule has 150 valence electrons. The van der Waals surface area contributed by atoms with Gasteiger partial charge in [-0.25, -0.2) is 0 Å². The lowest BCUT2D eigenvalue weighted by atomic mass is 9.50. The van der Waals surface area contributed by atoms with Gasteiger partial charge in [0, 0.05) is 5.92 Å². The van der Waals surface area contributed by atoms with E-state index in [9.17, 15) is 4.79 Å². The molecule has 3 aliphatic rings. The first kappa shape index (κ1) is 19.1. The number of hydrogen-bond acceptors (Lipinski definition) is 3. The van der Waals surface area contributed by atoms with Crippen LogP contribution in [0.2, 0.25) is 0 Å². The first-order valence-corrected chi connectivity index (χ1v) is 11.4. The highest BCUT2D eigenvalue weighted by Crippen LogP contribution is 2.63. The van der Waals surface area contributed by atoms with E-state index in [-0.39, 0.29) is 11.3 Å². The summed E-state index contributed by atoms with van der Waals surface area (Å²) in [5.41, 5.74) is 0.210. The molecule has 3 aliphatic carbocycles. The average Bonchev–Trinajstić information content (AvgIpc) is 3.29. The largest absolute Gasteiger partial charge is 0.297 e. The lowest BCUT2D eigenvalue weighted by Crippen LogP contribution is -2.48. The van der Waals surface area contributed by atoms with Gasteiger partial charge in [0.15, 0.2) is 5.78 Å². The highest BCUT2D eigenvalue weighted by molar-refractivity contribution is 5.81. The van der Waals surface area contributed by atoms with Crippen LogP contribution in [-0.4, -0.2) is 20.8 Å². The summed E-state index contributed by atoms with van der Waals surface area (Å²) in [4.78, 5) is 14.7. The van der Waals surface area contributed by atoms with E-state index in [0.717, 1.165) is 36.0 Å². The highest BCUT2D eigenvalue weighted by Gasteiger charge is 2.57. The van der Waals surface area contributed by atoms with Crippen LogP contribution >= 0.6 is 0 Å². The van der Waals surface area contributed by atoms with E-state index in [2.05, 4.69) is 31.0 Å². The van der Waals surface area contributed by atoms with Crippen molar-refractivity contribution < 1.29 is 4.79 Å². The second kappa shape index (κ2) is 7.67. The van der Waals surface area contributed by atoms with Crippen molar-refractivity contribution in [2.24, 2.45) is 40.9 Å². The van der Waals surface area contributed by atoms with Crippen molar-refractivity contribution in [1.82, 2.24) is 15.0 Å². The van der Waals surface area contributed by atoms with Crippen molar-refractivity contribution >= 4 is 5.78 Å². The van der Waals surface area contributed by atoms with Crippen molar-refractivity contribution in [3.05, 3.63) is 12.4 Å². The number of rotatable bonds is 6. The van der Waals surface area contributed by atoms with Gasteiger partial charge in [-0.15, -0.1) is 0 Å². The molecule has 0 saturated heterocycles. The van der Waals surface area contributed by atoms with Crippen LogP contribution in [0.5, 0.6) is 0 Å². The van der Waals surface area contributed by atoms with E-state index < -0.39 is 0 Å². The van der Waals surface area contributed by atoms with Crippen molar-refractivity contribution in [2.45, 2.75) is 85.1 Å². The van der Waals surface area contributed by atoms with Crippen LogP contribution < -0.4 is 0 Å². The van der Waals surface area contributed by atoms with Crippen LogP contribution in [0.4, 0.5) is 0 Å². The van der Waals surface area contributed by atoms with Crippen LogP contribution in [0.3, 0.4) is 0 Å². The number of carbonyl (C=O) groups is 1. The van der Waals surface area contributed by atoms with Gasteiger partial charge in [-0.2, -0.15) is 15.0 Å². The molecule has 1 aromatic rings. The van der Waals surface area contributed by atoms with E-state index in [1.807, 2.05) is 0 Å². The van der Waals surface area contributed by atoms with Crippen LogP contribution in [0.1, 0.15) is 78.6 Å². The lowest BCUT2D eigenvalue weighted by Gasteiger charge is -2.54. The van der Waals surface area contributed by atoms with Crippen molar-refractivity contribution in [3.63, 3.8) is 0 Å². The SMILES string of the molecule is CCCC1C(CC)CCC2C1CCC1(C)C(C(=O)Cn3nccn3)CCC21. The maximum Gasteiger partial charge on any atom is 0.159 e. The minimum absolute atomic E-state index is 0.210. The molecule has 1 heterocycles. The molecule has 0 bridgehead atoms. The summed E-state index contributed by atoms with van der Waals surface area (Å²) in [6.45, 7) is 7.55. The predicted octanol–water partition coefficient (Wildman–Crippen LogP) is 5.14. The fraction of sp³-hybridized carbons (Fsp3) is 0.870. The van der Waals surface area contributed by atoms with Gasteiger partial charge in [-0.3, -0.25) is 4.79 Å². The molecule has 0 radical (unpaired) electrons. The lowest BCUT2D eigenvalue weighted by molar-refractivity contribution is -0.131. The summed E-state index contributed by atoms with van der Waals surface area (Å²) < 4.78 is 0. The molecule has 0 N–H and O–H groups in total. The number of ketones is 1. The number of carbonyl (C=O) groups excluding carboxylic acids is 1. The van der Waals surface area contributed by atoms with Crippen molar-refractivity contribution in [2.75, 3.05) is 0 Å². The standard InChI is InChI=1S/C23H37N3O/c1-4-6-17-16(5-2)7-8-19-18(17)11-12-23(3)20(19)9-10-21(23)22(27)15-26-24-13-14-25-26/h13-14,16-21H,4-12,15H2,1-3H3. The van der Waals surface area contributed by atoms with Gasteiger partial charge in [-0.1, -0.05) is 40.0 Å². The summed E-state index contributed by atoms with van der Waals surface area (Å²) in [6, 6.07) is 0. The van der Waals surface area contributed by atoms with E-state index in [0.29, 0.717) is 12.3 Å². The third-order valence-corrected chi connectivity index (χ3v) is 8.82. The molecule has 0 aromatic carbocycles. The Morgan fingerprint density at radius 2 is 1.85 bits per heavy atom. The molecule has 27 heavy (non-hydrogen) atoms. The normalized spacial score (nSPS) is 41.1. The molecule has 4 nitrogen and oxygen atoms in total. The Morgan fingerprint density at radius 3 is 2.56 bits per heavy atom. The molecule has 0 spiro atoms. The first-order chi connectivity index (χ1) is 13.1. The quantitative estimate of drug-likeness (QED) is 0.695. The molecule has 4 rings (SSSR count). The predicted molar refractivity (Wildman–Crippen MR) is 107 cm³/mol. The maximum absolute atomic E-state index is 13.1. The number of fused-ring (bicyclic) bond motifs is 3. The second-order valence-corrected chi connectivity index (χ2v) is 9.83. The Hall–Kier alpha value is -1.19. The molecular formula is C23H37N3O. The van der Waals surface area contributed by atoms with Gasteiger partial charge < -0.3 is 0 Å². The maximum atomic E-state index is 13.1. The van der Waals surface area contributed by atoms with Gasteiger partial charge in [0.25, 0.3) is 0 Å². The van der Waals surface area contributed by atoms with Crippen LogP contribution in [0, 0.1) is 40.9 Å². The Morgan fingerprint density at radius 1 is 1.07 bits per heavy atom. The van der Waals surface area contributed by atoms with Gasteiger partial charge in [0.1, 0.15) is 6.54 Å². The van der Waals surface area contributed by atoms with Gasteiger partial charge in [-0.05, 0) is 73.5 Å². The minimum Gasteiger partial charge on any atom is -0.297 e. The van der Waals surface area contributed by atoms with Crippen LogP contribution in [-0.2, 0) is 11.3 Å². The molecule has 7 atom stereocenters. The zero-order chi connectivity index (χ0) is 19.0. The Kier molecular flexibility index (Phi) is 5.44. The molecule has 0 aliphatic heterocycles. The minimum atomic E-state index is 0.210. The Bertz CT molecular complexity index is 642. The fourth-order valence-corrected chi connectivity index (χ4v) is 7.63. The van der Waals surface area contributed by atoms with Gasteiger partial charge in [0.05, 0.1) is 12.4 Å². The summed E-state index contributed by atoms with van der Waals surface area (Å²) in [5, 5.41) is 8.31. The average molecular weight is 372 g/mol. The van der Waals surface area contributed by atoms with E-state index >= 15 is 0 Å². The molecule has 1 aromatic heterocycles. The van der Waals surface area contributed by atoms with Crippen molar-refractivity contribution in [1.29, 1.82) is 0 Å². The smallest absolute Gasteiger partial charge is 0.159 e. The highest BCUT2D eigenvalue weighted by atomic mass is 16.1. The van der Waals surface area contributed by atoms with Crippen molar-refractivity contribution in [3.8, 4) is 0 Å². The monoisotopic (exact) mass is 371 g/mol. The van der Waals surface area contributed by atoms with E-state index in [1.54, 1.807) is 17.2 Å². The van der Waals surface area contributed by atoms with Crippen LogP contribution in [0.15, 0.2) is 12.4 Å². The molecule has 3 saturated carbocycles. The van der Waals surface area contributed by atoms with E-state index in [1.165, 1.54) is 51.4 Å². The summed E-state index contributed by atoms with van der Waals surface area (Å²) >= 11 is 0. The summed E-state index contributed by atoms with van der Waals surface area (Å²) in [6.07, 6.45) is 15.2. The Labute approximate surface area is 164 Å². The molecule has 4 heteroatoms. The fourth-order valence-electron chi connectivity index (χ4n) is 7.63. The van der Waals surface area contributed by atoms with Gasteiger partial charge >= 0.3 is 0 Å². The molecular weight excluding hydrogens is 334 g/mol. The van der Waals surface area contributed by atoms with E-state index in [4.69, 9.17) is 0 Å². The summed E-state index contributed by atoms with van der Waals surface area (Å²) in [7, 11) is 0. The van der Waals surface area contributed by atoms with Gasteiger partial charge in [0.2, 0.25) is 0 Å². The number of Topliss-reactive ketones (excluding diaryl/α,β-unsaturated/α-hetero) is 1. The Balaban J connectivity index is 1.51. The third-order valence-electron chi connectivity index (χ3n) is 8.82. The third kappa shape index (κ3) is 3.27.